The molecule has 3 rings (SSSR count). The van der Waals surface area contributed by atoms with Crippen molar-refractivity contribution in [3.63, 3.8) is 0 Å². The number of aliphatic carboxylic acids is 1. The minimum Gasteiger partial charge on any atom is -0.480 e. The second kappa shape index (κ2) is 13.1. The van der Waals surface area contributed by atoms with Crippen LogP contribution in [0, 0.1) is 11.3 Å². The summed E-state index contributed by atoms with van der Waals surface area (Å²) in [4.78, 5) is 26.4. The summed E-state index contributed by atoms with van der Waals surface area (Å²) < 4.78 is 23.5. The topological polar surface area (TPSA) is 161 Å². The predicted molar refractivity (Wildman–Crippen MR) is 137 cm³/mol. The summed E-state index contributed by atoms with van der Waals surface area (Å²) in [6.07, 6.45) is 8.84. The number of carboxylic acids is 1. The Hall–Kier alpha value is -3.30. The van der Waals surface area contributed by atoms with Crippen molar-refractivity contribution in [3.8, 4) is 6.07 Å². The van der Waals surface area contributed by atoms with E-state index in [1.165, 1.54) is 24.2 Å². The van der Waals surface area contributed by atoms with Gasteiger partial charge in [-0.2, -0.15) is 5.26 Å². The lowest BCUT2D eigenvalue weighted by molar-refractivity contribution is -0.138. The molecular formula is C24H33N7O4S. The molecule has 3 heterocycles. The summed E-state index contributed by atoms with van der Waals surface area (Å²) in [5, 5.41) is 25.0. The van der Waals surface area contributed by atoms with Crippen molar-refractivity contribution >= 4 is 27.4 Å². The second-order valence-electron chi connectivity index (χ2n) is 8.96. The quantitative estimate of drug-likeness (QED) is 0.314. The van der Waals surface area contributed by atoms with Gasteiger partial charge in [0.15, 0.2) is 11.5 Å². The fourth-order valence-electron chi connectivity index (χ4n) is 4.04. The van der Waals surface area contributed by atoms with Gasteiger partial charge in [-0.3, -0.25) is 0 Å². The average molecular weight is 516 g/mol. The average Bonchev–Trinajstić information content (AvgIpc) is 2.86. The molecule has 36 heavy (non-hydrogen) atoms. The highest BCUT2D eigenvalue weighted by Gasteiger charge is 2.21. The van der Waals surface area contributed by atoms with Gasteiger partial charge in [0.05, 0.1) is 5.75 Å². The smallest absolute Gasteiger partial charge is 0.326 e. The minimum atomic E-state index is -3.16. The fraction of sp³-hybridized carbons (Fsp3) is 0.542. The zero-order chi connectivity index (χ0) is 26.0. The molecule has 0 spiro atoms. The summed E-state index contributed by atoms with van der Waals surface area (Å²) in [5.41, 5.74) is 2.30. The second-order valence-corrected chi connectivity index (χ2v) is 11.2. The summed E-state index contributed by atoms with van der Waals surface area (Å²) in [6.45, 7) is 2.28. The van der Waals surface area contributed by atoms with Crippen LogP contribution in [0.25, 0.3) is 0 Å². The van der Waals surface area contributed by atoms with Crippen molar-refractivity contribution in [2.45, 2.75) is 44.6 Å². The van der Waals surface area contributed by atoms with Gasteiger partial charge in [-0.1, -0.05) is 6.07 Å². The van der Waals surface area contributed by atoms with Crippen LogP contribution in [0.15, 0.2) is 24.5 Å². The standard InChI is InChI=1S/C24H33N7O4S/c1-36(34,35)16-15-31(13-3-2-6-19-8-7-18-5-4-10-27-22(18)29-19)14-9-20(24(32)33)30-23-21(17-25)26-11-12-28-23/h7-8,11-12,20H,2-6,9-10,13-16H2,1H3,(H,27,29)(H,28,30)(H,32,33)/t20-/m0/s1. The van der Waals surface area contributed by atoms with E-state index in [4.69, 9.17) is 4.98 Å². The van der Waals surface area contributed by atoms with Crippen LogP contribution in [-0.4, -0.2) is 83.6 Å². The number of anilines is 2. The number of unbranched alkanes of at least 4 members (excludes halogenated alkanes) is 1. The van der Waals surface area contributed by atoms with E-state index >= 15 is 0 Å². The largest absolute Gasteiger partial charge is 0.480 e. The first-order valence-corrected chi connectivity index (χ1v) is 14.1. The van der Waals surface area contributed by atoms with E-state index in [0.29, 0.717) is 19.6 Å². The zero-order valence-corrected chi connectivity index (χ0v) is 21.3. The molecule has 0 radical (unpaired) electrons. The van der Waals surface area contributed by atoms with E-state index in [1.807, 2.05) is 11.0 Å². The molecule has 1 aliphatic heterocycles. The van der Waals surface area contributed by atoms with Crippen molar-refractivity contribution in [2.24, 2.45) is 0 Å². The molecule has 3 N–H and O–H groups in total. The number of hydrogen-bond donors (Lipinski definition) is 3. The molecule has 0 saturated carbocycles. The van der Waals surface area contributed by atoms with Gasteiger partial charge >= 0.3 is 5.97 Å². The number of rotatable bonds is 14. The van der Waals surface area contributed by atoms with Crippen LogP contribution in [0.5, 0.6) is 0 Å². The van der Waals surface area contributed by atoms with Crippen LogP contribution in [0.1, 0.15) is 42.6 Å². The molecule has 0 aliphatic carbocycles. The van der Waals surface area contributed by atoms with Crippen LogP contribution in [0.4, 0.5) is 11.6 Å². The highest BCUT2D eigenvalue weighted by atomic mass is 32.2. The number of nitrogens with zero attached hydrogens (tertiary/aromatic N) is 5. The first-order chi connectivity index (χ1) is 17.2. The number of nitrogens with one attached hydrogen (secondary N) is 2. The Balaban J connectivity index is 1.55. The Morgan fingerprint density at radius 3 is 2.81 bits per heavy atom. The number of sulfone groups is 1. The third kappa shape index (κ3) is 8.73. The Morgan fingerprint density at radius 1 is 1.25 bits per heavy atom. The Bertz CT molecular complexity index is 1180. The molecule has 12 heteroatoms. The van der Waals surface area contributed by atoms with Gasteiger partial charge in [0.25, 0.3) is 0 Å². The van der Waals surface area contributed by atoms with Gasteiger partial charge in [-0.05, 0) is 56.7 Å². The number of aromatic nitrogens is 3. The molecule has 11 nitrogen and oxygen atoms in total. The molecule has 0 amide bonds. The maximum atomic E-state index is 11.8. The summed E-state index contributed by atoms with van der Waals surface area (Å²) >= 11 is 0. The maximum Gasteiger partial charge on any atom is 0.326 e. The van der Waals surface area contributed by atoms with Crippen molar-refractivity contribution < 1.29 is 18.3 Å². The highest BCUT2D eigenvalue weighted by molar-refractivity contribution is 7.90. The lowest BCUT2D eigenvalue weighted by atomic mass is 10.1. The van der Waals surface area contributed by atoms with Crippen LogP contribution < -0.4 is 10.6 Å². The molecule has 0 bridgehead atoms. The number of nitriles is 1. The monoisotopic (exact) mass is 515 g/mol. The van der Waals surface area contributed by atoms with E-state index in [2.05, 4.69) is 32.7 Å². The van der Waals surface area contributed by atoms with Crippen LogP contribution in [-0.2, 0) is 27.5 Å². The number of pyridine rings is 1. The zero-order valence-electron chi connectivity index (χ0n) is 20.5. The molecule has 0 aromatic carbocycles. The summed E-state index contributed by atoms with van der Waals surface area (Å²) in [6, 6.07) is 5.10. The Labute approximate surface area is 211 Å². The van der Waals surface area contributed by atoms with Crippen molar-refractivity contribution in [3.05, 3.63) is 41.5 Å². The van der Waals surface area contributed by atoms with Gasteiger partial charge in [-0.15, -0.1) is 0 Å². The highest BCUT2D eigenvalue weighted by Crippen LogP contribution is 2.20. The molecule has 0 fully saturated rings. The summed E-state index contributed by atoms with van der Waals surface area (Å²) in [7, 11) is -3.16. The minimum absolute atomic E-state index is 0.00104. The lowest BCUT2D eigenvalue weighted by Crippen LogP contribution is -2.37. The lowest BCUT2D eigenvalue weighted by Gasteiger charge is -2.24. The first kappa shape index (κ1) is 27.3. The van der Waals surface area contributed by atoms with Crippen molar-refractivity contribution in [2.75, 3.05) is 48.8 Å². The van der Waals surface area contributed by atoms with E-state index in [9.17, 15) is 23.6 Å². The van der Waals surface area contributed by atoms with Crippen LogP contribution in [0.3, 0.4) is 0 Å². The normalized spacial score (nSPS) is 13.9. The Morgan fingerprint density at radius 2 is 2.06 bits per heavy atom. The molecule has 2 aromatic rings. The maximum absolute atomic E-state index is 11.8. The molecule has 0 saturated heterocycles. The number of fused-ring (bicyclic) bond motifs is 1. The van der Waals surface area contributed by atoms with Gasteiger partial charge < -0.3 is 20.6 Å². The molecule has 2 aromatic heterocycles. The van der Waals surface area contributed by atoms with Crippen LogP contribution >= 0.6 is 0 Å². The van der Waals surface area contributed by atoms with Gasteiger partial charge in [0.2, 0.25) is 0 Å². The molecule has 1 atom stereocenters. The number of aryl methyl sites for hydroxylation is 2. The molecule has 194 valence electrons. The number of carboxylic acid groups (broad SMARTS) is 1. The third-order valence-electron chi connectivity index (χ3n) is 6.03. The van der Waals surface area contributed by atoms with E-state index in [-0.39, 0.29) is 23.7 Å². The SMILES string of the molecule is CS(=O)(=O)CCN(CCCCc1ccc2c(n1)NCCC2)CC[C@H](Nc1nccnc1C#N)C(=O)O. The third-order valence-corrected chi connectivity index (χ3v) is 6.96. The predicted octanol–water partition coefficient (Wildman–Crippen LogP) is 1.73. The van der Waals surface area contributed by atoms with Crippen LogP contribution in [0.2, 0.25) is 0 Å². The van der Waals surface area contributed by atoms with Crippen molar-refractivity contribution in [1.82, 2.24) is 19.9 Å². The summed E-state index contributed by atoms with van der Waals surface area (Å²) in [5.74, 6) is 0.00380. The molecular weight excluding hydrogens is 482 g/mol. The molecule has 1 aliphatic rings. The van der Waals surface area contributed by atoms with Gasteiger partial charge in [-0.25, -0.2) is 28.2 Å². The van der Waals surface area contributed by atoms with E-state index < -0.39 is 21.8 Å². The van der Waals surface area contributed by atoms with Crippen molar-refractivity contribution in [1.29, 1.82) is 5.26 Å². The Kier molecular flexibility index (Phi) is 9.95. The van der Waals surface area contributed by atoms with E-state index in [1.54, 1.807) is 0 Å². The van der Waals surface area contributed by atoms with Gasteiger partial charge in [0.1, 0.15) is 27.8 Å². The molecule has 0 unspecified atom stereocenters. The first-order valence-electron chi connectivity index (χ1n) is 12.1. The fourth-order valence-corrected chi connectivity index (χ4v) is 4.63. The number of carbonyl (C=O) groups is 1. The number of hydrogen-bond acceptors (Lipinski definition) is 10. The van der Waals surface area contributed by atoms with Gasteiger partial charge in [0, 0.05) is 44.0 Å². The van der Waals surface area contributed by atoms with E-state index in [0.717, 1.165) is 50.2 Å².